The van der Waals surface area contributed by atoms with Crippen LogP contribution in [0.3, 0.4) is 0 Å². The number of nitrogens with zero attached hydrogens (tertiary/aromatic N) is 2. The first kappa shape index (κ1) is 28.3. The Balaban J connectivity index is 1.38. The van der Waals surface area contributed by atoms with Crippen molar-refractivity contribution in [3.8, 4) is 5.88 Å². The molecule has 0 aliphatic carbocycles. The van der Waals surface area contributed by atoms with Crippen LogP contribution in [0.2, 0.25) is 0 Å². The summed E-state index contributed by atoms with van der Waals surface area (Å²) < 4.78 is 40.5. The first-order valence-electron chi connectivity index (χ1n) is 13.5. The molecule has 12 nitrogen and oxygen atoms in total. The molecule has 1 N–H and O–H groups in total. The fourth-order valence-corrected chi connectivity index (χ4v) is 5.39. The number of carbonyl (C=O) groups is 2. The molecule has 3 aliphatic heterocycles. The Morgan fingerprint density at radius 2 is 1.98 bits per heavy atom. The molecule has 218 valence electrons. The summed E-state index contributed by atoms with van der Waals surface area (Å²) in [6.45, 7) is 9.55. The molecule has 40 heavy (non-hydrogen) atoms. The molecule has 1 amide bonds. The van der Waals surface area contributed by atoms with Crippen molar-refractivity contribution in [3.05, 3.63) is 30.0 Å². The summed E-state index contributed by atoms with van der Waals surface area (Å²) in [5.41, 5.74) is 1.18. The molecule has 1 unspecified atom stereocenters. The van der Waals surface area contributed by atoms with Gasteiger partial charge in [-0.15, -0.1) is 0 Å². The Morgan fingerprint density at radius 3 is 2.67 bits per heavy atom. The summed E-state index contributed by atoms with van der Waals surface area (Å²) in [6.07, 6.45) is -0.863. The fraction of sp³-hybridized carbons (Fsp3) is 0.643. The van der Waals surface area contributed by atoms with E-state index in [1.807, 2.05) is 34.6 Å². The van der Waals surface area contributed by atoms with Gasteiger partial charge in [0.25, 0.3) is 0 Å². The lowest BCUT2D eigenvalue weighted by molar-refractivity contribution is -0.156. The summed E-state index contributed by atoms with van der Waals surface area (Å²) >= 11 is 0. The minimum Gasteiger partial charge on any atom is -0.481 e. The Bertz CT molecular complexity index is 1250. The van der Waals surface area contributed by atoms with Gasteiger partial charge >= 0.3 is 12.2 Å². The standard InChI is InChI=1S/C28H37N3O9/c1-27(2,3)40-25(32)30-17-7-9-19(36-20(17)13-15-14-35-28(4,5)39-15)24-23(37-26(33)38-24)16-11-12-29-18-8-10-21(34-6)31-22(16)18/h8,10-12,15,17,19-20,23-24H,7,9,13-14H2,1-6H3,(H,30,32)/t15?,17-,19+,20-,23-,24-/m1/s1. The van der Waals surface area contributed by atoms with Gasteiger partial charge in [0.05, 0.1) is 49.1 Å². The van der Waals surface area contributed by atoms with E-state index in [2.05, 4.69) is 15.3 Å². The van der Waals surface area contributed by atoms with E-state index in [1.54, 1.807) is 24.4 Å². The highest BCUT2D eigenvalue weighted by Gasteiger charge is 2.48. The van der Waals surface area contributed by atoms with Crippen molar-refractivity contribution in [2.45, 2.75) is 102 Å². The number of nitrogens with one attached hydrogen (secondary N) is 1. The van der Waals surface area contributed by atoms with Crippen LogP contribution in [0.15, 0.2) is 24.4 Å². The Kier molecular flexibility index (Phi) is 7.77. The summed E-state index contributed by atoms with van der Waals surface area (Å²) in [7, 11) is 1.53. The third-order valence-electron chi connectivity index (χ3n) is 7.05. The summed E-state index contributed by atoms with van der Waals surface area (Å²) in [4.78, 5) is 34.0. The quantitative estimate of drug-likeness (QED) is 0.510. The molecule has 5 rings (SSSR count). The molecule has 0 aromatic carbocycles. The van der Waals surface area contributed by atoms with Gasteiger partial charge < -0.3 is 38.5 Å². The second-order valence-corrected chi connectivity index (χ2v) is 11.7. The molecule has 0 saturated carbocycles. The van der Waals surface area contributed by atoms with Crippen molar-refractivity contribution < 1.29 is 42.7 Å². The number of aromatic nitrogens is 2. The van der Waals surface area contributed by atoms with E-state index in [-0.39, 0.29) is 12.1 Å². The van der Waals surface area contributed by atoms with Gasteiger partial charge in [0.15, 0.2) is 18.0 Å². The smallest absolute Gasteiger partial charge is 0.481 e. The van der Waals surface area contributed by atoms with Gasteiger partial charge in [0, 0.05) is 24.2 Å². The van der Waals surface area contributed by atoms with Gasteiger partial charge in [0.1, 0.15) is 5.60 Å². The lowest BCUT2D eigenvalue weighted by Gasteiger charge is -2.40. The van der Waals surface area contributed by atoms with Crippen LogP contribution in [0.4, 0.5) is 9.59 Å². The van der Waals surface area contributed by atoms with Crippen LogP contribution in [0.1, 0.15) is 65.5 Å². The van der Waals surface area contributed by atoms with E-state index in [0.29, 0.717) is 48.3 Å². The summed E-state index contributed by atoms with van der Waals surface area (Å²) in [6, 6.07) is 4.93. The zero-order chi connectivity index (χ0) is 28.7. The lowest BCUT2D eigenvalue weighted by Crippen LogP contribution is -2.53. The second-order valence-electron chi connectivity index (χ2n) is 11.7. The molecule has 0 bridgehead atoms. The zero-order valence-corrected chi connectivity index (χ0v) is 23.7. The molecule has 3 fully saturated rings. The highest BCUT2D eigenvalue weighted by atomic mass is 16.8. The van der Waals surface area contributed by atoms with E-state index in [1.165, 1.54) is 7.11 Å². The molecule has 12 heteroatoms. The number of rotatable bonds is 6. The van der Waals surface area contributed by atoms with Crippen LogP contribution >= 0.6 is 0 Å². The molecular weight excluding hydrogens is 522 g/mol. The van der Waals surface area contributed by atoms with E-state index >= 15 is 0 Å². The summed E-state index contributed by atoms with van der Waals surface area (Å²) in [5, 5.41) is 2.97. The molecule has 2 aromatic heterocycles. The number of pyridine rings is 2. The maximum Gasteiger partial charge on any atom is 0.509 e. The predicted molar refractivity (Wildman–Crippen MR) is 141 cm³/mol. The van der Waals surface area contributed by atoms with Crippen LogP contribution < -0.4 is 10.1 Å². The maximum atomic E-state index is 12.7. The minimum atomic E-state index is -0.786. The SMILES string of the molecule is COc1ccc2nccc([C@H]3OC(=O)O[C@@H]3[C@@H]3CC[C@@H](NC(=O)OC(C)(C)C)[C@@H](CC4COC(C)(C)O4)O3)c2n1. The molecule has 3 aliphatic rings. The third-order valence-corrected chi connectivity index (χ3v) is 7.05. The van der Waals surface area contributed by atoms with Crippen molar-refractivity contribution in [2.24, 2.45) is 0 Å². The van der Waals surface area contributed by atoms with Crippen molar-refractivity contribution in [2.75, 3.05) is 13.7 Å². The molecule has 0 spiro atoms. The number of ether oxygens (including phenoxy) is 7. The van der Waals surface area contributed by atoms with Crippen LogP contribution in [-0.4, -0.2) is 77.8 Å². The van der Waals surface area contributed by atoms with Gasteiger partial charge in [-0.25, -0.2) is 14.6 Å². The maximum absolute atomic E-state index is 12.7. The van der Waals surface area contributed by atoms with Crippen LogP contribution in [0.5, 0.6) is 5.88 Å². The fourth-order valence-electron chi connectivity index (χ4n) is 5.39. The highest BCUT2D eigenvalue weighted by molar-refractivity contribution is 5.79. The minimum absolute atomic E-state index is 0.235. The first-order valence-corrected chi connectivity index (χ1v) is 13.5. The number of amides is 1. The monoisotopic (exact) mass is 559 g/mol. The number of hydrogen-bond donors (Lipinski definition) is 1. The Morgan fingerprint density at radius 1 is 1.18 bits per heavy atom. The first-order chi connectivity index (χ1) is 18.9. The van der Waals surface area contributed by atoms with Gasteiger partial charge in [-0.2, -0.15) is 0 Å². The number of hydrogen-bond acceptors (Lipinski definition) is 11. The average Bonchev–Trinajstić information content (AvgIpc) is 3.44. The molecule has 5 heterocycles. The highest BCUT2D eigenvalue weighted by Crippen LogP contribution is 2.40. The number of carbonyl (C=O) groups excluding carboxylic acids is 2. The number of fused-ring (bicyclic) bond motifs is 1. The van der Waals surface area contributed by atoms with E-state index in [9.17, 15) is 9.59 Å². The Hall–Kier alpha value is -3.22. The molecule has 6 atom stereocenters. The van der Waals surface area contributed by atoms with Gasteiger partial charge in [-0.3, -0.25) is 4.98 Å². The van der Waals surface area contributed by atoms with Crippen LogP contribution in [0, 0.1) is 0 Å². The molecule has 0 radical (unpaired) electrons. The second kappa shape index (κ2) is 11.0. The lowest BCUT2D eigenvalue weighted by atomic mass is 9.90. The summed E-state index contributed by atoms with van der Waals surface area (Å²) in [5.74, 6) is -0.293. The number of alkyl carbamates (subject to hydrolysis) is 1. The Labute approximate surface area is 233 Å². The topological polar surface area (TPSA) is 137 Å². The third kappa shape index (κ3) is 6.39. The molecule has 3 saturated heterocycles. The predicted octanol–water partition coefficient (Wildman–Crippen LogP) is 4.20. The normalized spacial score (nSPS) is 30.0. The van der Waals surface area contributed by atoms with E-state index < -0.39 is 48.1 Å². The van der Waals surface area contributed by atoms with Gasteiger partial charge in [0.2, 0.25) is 5.88 Å². The van der Waals surface area contributed by atoms with Crippen molar-refractivity contribution in [3.63, 3.8) is 0 Å². The average molecular weight is 560 g/mol. The molecule has 2 aromatic rings. The number of methoxy groups -OCH3 is 1. The van der Waals surface area contributed by atoms with Crippen LogP contribution in [0.25, 0.3) is 11.0 Å². The number of cyclic esters (lactones) is 2. The molecular formula is C28H37N3O9. The van der Waals surface area contributed by atoms with E-state index in [0.717, 1.165) is 0 Å². The van der Waals surface area contributed by atoms with E-state index in [4.69, 9.17) is 33.2 Å². The van der Waals surface area contributed by atoms with Crippen molar-refractivity contribution in [1.82, 2.24) is 15.3 Å². The van der Waals surface area contributed by atoms with Crippen molar-refractivity contribution in [1.29, 1.82) is 0 Å². The zero-order valence-electron chi connectivity index (χ0n) is 23.7. The van der Waals surface area contributed by atoms with Crippen LogP contribution in [-0.2, 0) is 28.4 Å². The van der Waals surface area contributed by atoms with Crippen molar-refractivity contribution >= 4 is 23.3 Å². The van der Waals surface area contributed by atoms with Gasteiger partial charge in [-0.05, 0) is 59.6 Å². The largest absolute Gasteiger partial charge is 0.509 e. The van der Waals surface area contributed by atoms with Gasteiger partial charge in [-0.1, -0.05) is 0 Å².